The second-order valence-electron chi connectivity index (χ2n) is 8.35. The van der Waals surface area contributed by atoms with Gasteiger partial charge in [0.25, 0.3) is 0 Å². The molecule has 0 aromatic heterocycles. The Morgan fingerprint density at radius 3 is 2.38 bits per heavy atom. The molecule has 0 heterocycles. The van der Waals surface area contributed by atoms with E-state index in [9.17, 15) is 22.7 Å². The van der Waals surface area contributed by atoms with Crippen LogP contribution in [0.25, 0.3) is 0 Å². The van der Waals surface area contributed by atoms with Crippen molar-refractivity contribution < 1.29 is 22.7 Å². The van der Waals surface area contributed by atoms with Crippen molar-refractivity contribution in [2.24, 2.45) is 11.8 Å². The Hall–Kier alpha value is -1.56. The summed E-state index contributed by atoms with van der Waals surface area (Å²) in [7, 11) is 0. The molecule has 1 saturated carbocycles. The number of aliphatic hydroxyl groups excluding tert-OH is 1. The molecular weight excluding hydrogens is 382 g/mol. The third kappa shape index (κ3) is 12.6. The van der Waals surface area contributed by atoms with Crippen molar-refractivity contribution in [2.75, 3.05) is 13.1 Å². The standard InChI is InChI=1S/C15H19FO.C8H16F3N/c1-11(17)9-12-3-2-4-14(10-12)13-5-7-15(16)8-6-13;1-7(2)3-5-12-6-4-8(9,10)11/h5-8,12,14,17H,1-4,9-10H2;7,12H,3-6H2,1-2H3. The largest absolute Gasteiger partial charge is 0.513 e. The smallest absolute Gasteiger partial charge is 0.390 e. The molecule has 2 unspecified atom stereocenters. The van der Waals surface area contributed by atoms with Gasteiger partial charge in [-0.2, -0.15) is 13.2 Å². The maximum atomic E-state index is 12.9. The molecule has 1 fully saturated rings. The summed E-state index contributed by atoms with van der Waals surface area (Å²) in [6.07, 6.45) is 1.47. The van der Waals surface area contributed by atoms with Gasteiger partial charge in [-0.05, 0) is 67.7 Å². The zero-order valence-corrected chi connectivity index (χ0v) is 17.6. The van der Waals surface area contributed by atoms with Crippen LogP contribution in [0.1, 0.15) is 70.3 Å². The fraction of sp³-hybridized carbons (Fsp3) is 0.652. The minimum Gasteiger partial charge on any atom is -0.513 e. The molecule has 2 atom stereocenters. The third-order valence-corrected chi connectivity index (χ3v) is 5.13. The molecule has 0 radical (unpaired) electrons. The first kappa shape index (κ1) is 25.5. The molecule has 1 aromatic carbocycles. The van der Waals surface area contributed by atoms with Gasteiger partial charge in [0, 0.05) is 13.0 Å². The number of halogens is 4. The number of nitrogens with one attached hydrogen (secondary N) is 1. The van der Waals surface area contributed by atoms with E-state index < -0.39 is 12.6 Å². The van der Waals surface area contributed by atoms with Crippen LogP contribution in [0.5, 0.6) is 0 Å². The van der Waals surface area contributed by atoms with E-state index in [1.807, 2.05) is 26.0 Å². The molecule has 0 saturated heterocycles. The molecule has 0 spiro atoms. The predicted molar refractivity (Wildman–Crippen MR) is 110 cm³/mol. The molecule has 1 aromatic rings. The van der Waals surface area contributed by atoms with E-state index in [2.05, 4.69) is 11.9 Å². The van der Waals surface area contributed by atoms with Crippen molar-refractivity contribution in [3.05, 3.63) is 48.0 Å². The van der Waals surface area contributed by atoms with E-state index in [0.29, 0.717) is 30.7 Å². The van der Waals surface area contributed by atoms with Gasteiger partial charge in [0.1, 0.15) is 5.82 Å². The fourth-order valence-electron chi connectivity index (χ4n) is 3.59. The molecule has 0 amide bonds. The van der Waals surface area contributed by atoms with Crippen LogP contribution in [-0.4, -0.2) is 24.4 Å². The van der Waals surface area contributed by atoms with Crippen molar-refractivity contribution in [3.63, 3.8) is 0 Å². The van der Waals surface area contributed by atoms with E-state index in [0.717, 1.165) is 19.3 Å². The Kier molecular flexibility index (Phi) is 11.3. The number of hydrogen-bond donors (Lipinski definition) is 2. The second-order valence-corrected chi connectivity index (χ2v) is 8.35. The number of alkyl halides is 3. The molecule has 166 valence electrons. The van der Waals surface area contributed by atoms with Crippen molar-refractivity contribution in [2.45, 2.75) is 70.9 Å². The molecule has 6 heteroatoms. The first-order chi connectivity index (χ1) is 13.6. The van der Waals surface area contributed by atoms with Crippen LogP contribution in [0.2, 0.25) is 0 Å². The number of benzene rings is 1. The highest BCUT2D eigenvalue weighted by molar-refractivity contribution is 5.21. The van der Waals surface area contributed by atoms with Crippen molar-refractivity contribution in [3.8, 4) is 0 Å². The lowest BCUT2D eigenvalue weighted by Crippen LogP contribution is -2.23. The maximum absolute atomic E-state index is 12.9. The molecule has 2 rings (SSSR count). The van der Waals surface area contributed by atoms with Crippen molar-refractivity contribution in [1.29, 1.82) is 0 Å². The van der Waals surface area contributed by atoms with E-state index in [-0.39, 0.29) is 18.1 Å². The molecule has 1 aliphatic rings. The summed E-state index contributed by atoms with van der Waals surface area (Å²) in [6, 6.07) is 6.83. The summed E-state index contributed by atoms with van der Waals surface area (Å²) in [6.45, 7) is 8.37. The minimum atomic E-state index is -4.02. The fourth-order valence-corrected chi connectivity index (χ4v) is 3.59. The normalized spacial score (nSPS) is 19.6. The van der Waals surface area contributed by atoms with Crippen molar-refractivity contribution >= 4 is 0 Å². The van der Waals surface area contributed by atoms with Crippen LogP contribution in [-0.2, 0) is 0 Å². The van der Waals surface area contributed by atoms with Gasteiger partial charge in [-0.1, -0.05) is 39.0 Å². The summed E-state index contributed by atoms with van der Waals surface area (Å²) < 4.78 is 47.7. The lowest BCUT2D eigenvalue weighted by atomic mass is 9.76. The topological polar surface area (TPSA) is 32.3 Å². The Labute approximate surface area is 172 Å². The SMILES string of the molecule is C=C(O)CC1CCCC(c2ccc(F)cc2)C1.CC(C)CCNCCC(F)(F)F. The van der Waals surface area contributed by atoms with Crippen LogP contribution < -0.4 is 5.32 Å². The van der Waals surface area contributed by atoms with Gasteiger partial charge in [-0.15, -0.1) is 0 Å². The first-order valence-electron chi connectivity index (χ1n) is 10.5. The van der Waals surface area contributed by atoms with E-state index in [1.165, 1.54) is 30.5 Å². The van der Waals surface area contributed by atoms with Gasteiger partial charge < -0.3 is 10.4 Å². The minimum absolute atomic E-state index is 0.0379. The lowest BCUT2D eigenvalue weighted by Gasteiger charge is -2.29. The zero-order valence-electron chi connectivity index (χ0n) is 17.6. The zero-order chi connectivity index (χ0) is 21.9. The Balaban J connectivity index is 0.000000311. The van der Waals surface area contributed by atoms with Gasteiger partial charge in [0.15, 0.2) is 0 Å². The molecule has 2 N–H and O–H groups in total. The molecule has 0 bridgehead atoms. The van der Waals surface area contributed by atoms with Gasteiger partial charge in [0.2, 0.25) is 0 Å². The number of aliphatic hydroxyl groups is 1. The highest BCUT2D eigenvalue weighted by Crippen LogP contribution is 2.38. The van der Waals surface area contributed by atoms with Crippen LogP contribution >= 0.6 is 0 Å². The van der Waals surface area contributed by atoms with E-state index >= 15 is 0 Å². The second kappa shape index (κ2) is 12.9. The Morgan fingerprint density at radius 1 is 1.17 bits per heavy atom. The first-order valence-corrected chi connectivity index (χ1v) is 10.5. The average Bonchev–Trinajstić information content (AvgIpc) is 2.61. The average molecular weight is 418 g/mol. The van der Waals surface area contributed by atoms with Crippen LogP contribution in [0.15, 0.2) is 36.6 Å². The molecule has 29 heavy (non-hydrogen) atoms. The predicted octanol–water partition coefficient (Wildman–Crippen LogP) is 7.14. The summed E-state index contributed by atoms with van der Waals surface area (Å²) >= 11 is 0. The van der Waals surface area contributed by atoms with Gasteiger partial charge in [-0.3, -0.25) is 0 Å². The summed E-state index contributed by atoms with van der Waals surface area (Å²) in [5.74, 6) is 1.69. The highest BCUT2D eigenvalue weighted by Gasteiger charge is 2.26. The van der Waals surface area contributed by atoms with Crippen LogP contribution in [0, 0.1) is 17.7 Å². The third-order valence-electron chi connectivity index (χ3n) is 5.13. The maximum Gasteiger partial charge on any atom is 0.390 e. The lowest BCUT2D eigenvalue weighted by molar-refractivity contribution is -0.133. The molecule has 2 nitrogen and oxygen atoms in total. The van der Waals surface area contributed by atoms with Crippen LogP contribution in [0.3, 0.4) is 0 Å². The van der Waals surface area contributed by atoms with Gasteiger partial charge in [-0.25, -0.2) is 4.39 Å². The van der Waals surface area contributed by atoms with Gasteiger partial charge in [0.05, 0.1) is 12.2 Å². The quantitative estimate of drug-likeness (QED) is 0.268. The van der Waals surface area contributed by atoms with Crippen molar-refractivity contribution in [1.82, 2.24) is 5.32 Å². The Morgan fingerprint density at radius 2 is 1.83 bits per heavy atom. The number of rotatable bonds is 8. The number of allylic oxidation sites excluding steroid dienone is 1. The molecule has 0 aliphatic heterocycles. The summed E-state index contributed by atoms with van der Waals surface area (Å²) in [4.78, 5) is 0. The molecular formula is C23H35F4NO. The van der Waals surface area contributed by atoms with Gasteiger partial charge >= 0.3 is 6.18 Å². The highest BCUT2D eigenvalue weighted by atomic mass is 19.4. The number of hydrogen-bond acceptors (Lipinski definition) is 2. The van der Waals surface area contributed by atoms with Crippen LogP contribution in [0.4, 0.5) is 17.6 Å². The summed E-state index contributed by atoms with van der Waals surface area (Å²) in [5.41, 5.74) is 1.22. The molecule has 1 aliphatic carbocycles. The van der Waals surface area contributed by atoms with E-state index in [4.69, 9.17) is 0 Å². The summed E-state index contributed by atoms with van der Waals surface area (Å²) in [5, 5.41) is 12.0. The van der Waals surface area contributed by atoms with E-state index in [1.54, 1.807) is 0 Å². The monoisotopic (exact) mass is 417 g/mol. The Bertz CT molecular complexity index is 584.